The molecule has 0 saturated carbocycles. The molecule has 1 heterocycles. The fourth-order valence-electron chi connectivity index (χ4n) is 1.74. The van der Waals surface area contributed by atoms with Crippen LogP contribution < -0.4 is 0 Å². The molecule has 1 aliphatic heterocycles. The highest BCUT2D eigenvalue weighted by atomic mass is 16.4. The van der Waals surface area contributed by atoms with Crippen molar-refractivity contribution in [2.24, 2.45) is 0 Å². The van der Waals surface area contributed by atoms with Gasteiger partial charge in [-0.05, 0) is 20.8 Å². The highest BCUT2D eigenvalue weighted by molar-refractivity contribution is 5.65. The monoisotopic (exact) mass is 212 g/mol. The first kappa shape index (κ1) is 12.0. The number of allylic oxidation sites excluding steroid dienone is 1. The molecule has 1 N–H and O–H groups in total. The Hall–Kier alpha value is -1.03. The van der Waals surface area contributed by atoms with E-state index in [9.17, 15) is 4.79 Å². The second-order valence-corrected chi connectivity index (χ2v) is 4.35. The predicted molar refractivity (Wildman–Crippen MR) is 60.1 cm³/mol. The Kier molecular flexibility index (Phi) is 4.15. The molecule has 0 aliphatic carbocycles. The minimum Gasteiger partial charge on any atom is -0.465 e. The SMILES string of the molecule is CC(C)=CCN1CCN(C(=O)O)CC1C. The number of nitrogens with zero attached hydrogens (tertiary/aromatic N) is 2. The van der Waals surface area contributed by atoms with Crippen molar-refractivity contribution in [3.05, 3.63) is 11.6 Å². The van der Waals surface area contributed by atoms with Crippen molar-refractivity contribution in [1.29, 1.82) is 0 Å². The maximum absolute atomic E-state index is 10.8. The minimum atomic E-state index is -0.802. The lowest BCUT2D eigenvalue weighted by Gasteiger charge is -2.38. The molecule has 0 bridgehead atoms. The molecule has 1 aliphatic rings. The lowest BCUT2D eigenvalue weighted by Crippen LogP contribution is -2.53. The molecule has 0 spiro atoms. The molecule has 0 aromatic rings. The summed E-state index contributed by atoms with van der Waals surface area (Å²) in [5, 5.41) is 8.86. The highest BCUT2D eigenvalue weighted by Gasteiger charge is 2.25. The number of carboxylic acid groups (broad SMARTS) is 1. The Morgan fingerprint density at radius 3 is 2.60 bits per heavy atom. The summed E-state index contributed by atoms with van der Waals surface area (Å²) in [5.74, 6) is 0. The van der Waals surface area contributed by atoms with Crippen molar-refractivity contribution in [1.82, 2.24) is 9.80 Å². The molecule has 86 valence electrons. The molecule has 4 nitrogen and oxygen atoms in total. The van der Waals surface area contributed by atoms with Gasteiger partial charge in [0.15, 0.2) is 0 Å². The Labute approximate surface area is 91.2 Å². The Bertz CT molecular complexity index is 259. The quantitative estimate of drug-likeness (QED) is 0.708. The Balaban J connectivity index is 2.45. The summed E-state index contributed by atoms with van der Waals surface area (Å²) >= 11 is 0. The summed E-state index contributed by atoms with van der Waals surface area (Å²) < 4.78 is 0. The fourth-order valence-corrected chi connectivity index (χ4v) is 1.74. The fraction of sp³-hybridized carbons (Fsp3) is 0.727. The number of rotatable bonds is 2. The van der Waals surface area contributed by atoms with Crippen LogP contribution in [0.25, 0.3) is 0 Å². The van der Waals surface area contributed by atoms with Crippen LogP contribution in [0.4, 0.5) is 4.79 Å². The van der Waals surface area contributed by atoms with E-state index >= 15 is 0 Å². The van der Waals surface area contributed by atoms with Gasteiger partial charge in [-0.2, -0.15) is 0 Å². The van der Waals surface area contributed by atoms with Gasteiger partial charge in [0.1, 0.15) is 0 Å². The summed E-state index contributed by atoms with van der Waals surface area (Å²) in [6, 6.07) is 0.311. The van der Waals surface area contributed by atoms with Gasteiger partial charge < -0.3 is 10.0 Å². The summed E-state index contributed by atoms with van der Waals surface area (Å²) in [5.41, 5.74) is 1.31. The van der Waals surface area contributed by atoms with Gasteiger partial charge in [0.25, 0.3) is 0 Å². The van der Waals surface area contributed by atoms with Crippen LogP contribution in [-0.4, -0.2) is 53.2 Å². The van der Waals surface area contributed by atoms with E-state index in [0.717, 1.165) is 13.1 Å². The van der Waals surface area contributed by atoms with E-state index in [0.29, 0.717) is 19.1 Å². The van der Waals surface area contributed by atoms with Crippen LogP contribution in [-0.2, 0) is 0 Å². The normalized spacial score (nSPS) is 22.6. The molecule has 0 radical (unpaired) electrons. The van der Waals surface area contributed by atoms with E-state index in [-0.39, 0.29) is 0 Å². The molecule has 1 amide bonds. The lowest BCUT2D eigenvalue weighted by atomic mass is 10.2. The van der Waals surface area contributed by atoms with E-state index < -0.39 is 6.09 Å². The van der Waals surface area contributed by atoms with Gasteiger partial charge in [-0.1, -0.05) is 11.6 Å². The van der Waals surface area contributed by atoms with E-state index in [4.69, 9.17) is 5.11 Å². The van der Waals surface area contributed by atoms with Crippen molar-refractivity contribution in [2.75, 3.05) is 26.2 Å². The maximum atomic E-state index is 10.8. The average Bonchev–Trinajstić information content (AvgIpc) is 2.15. The molecule has 1 fully saturated rings. The molecule has 0 aromatic heterocycles. The van der Waals surface area contributed by atoms with Crippen LogP contribution in [0.2, 0.25) is 0 Å². The molecule has 15 heavy (non-hydrogen) atoms. The van der Waals surface area contributed by atoms with Gasteiger partial charge >= 0.3 is 6.09 Å². The standard InChI is InChI=1S/C11H20N2O2/c1-9(2)4-5-12-6-7-13(11(14)15)8-10(12)3/h4,10H,5-8H2,1-3H3,(H,14,15). The molecule has 1 rings (SSSR count). The molecular formula is C11H20N2O2. The summed E-state index contributed by atoms with van der Waals surface area (Å²) in [7, 11) is 0. The largest absolute Gasteiger partial charge is 0.465 e. The summed E-state index contributed by atoms with van der Waals surface area (Å²) in [4.78, 5) is 14.6. The summed E-state index contributed by atoms with van der Waals surface area (Å²) in [6.07, 6.45) is 1.39. The zero-order valence-corrected chi connectivity index (χ0v) is 9.73. The first-order valence-electron chi connectivity index (χ1n) is 5.36. The number of hydrogen-bond acceptors (Lipinski definition) is 2. The van der Waals surface area contributed by atoms with E-state index in [1.807, 2.05) is 0 Å². The molecule has 4 heteroatoms. The van der Waals surface area contributed by atoms with Crippen molar-refractivity contribution < 1.29 is 9.90 Å². The van der Waals surface area contributed by atoms with Gasteiger partial charge in [-0.15, -0.1) is 0 Å². The van der Waals surface area contributed by atoms with Crippen LogP contribution in [0.15, 0.2) is 11.6 Å². The third-order valence-corrected chi connectivity index (χ3v) is 2.77. The number of piperazine rings is 1. The molecule has 1 unspecified atom stereocenters. The molecule has 1 saturated heterocycles. The second-order valence-electron chi connectivity index (χ2n) is 4.35. The number of hydrogen-bond donors (Lipinski definition) is 1. The second kappa shape index (κ2) is 5.16. The Morgan fingerprint density at radius 1 is 1.47 bits per heavy atom. The number of amides is 1. The first-order valence-corrected chi connectivity index (χ1v) is 5.36. The number of carbonyl (C=O) groups is 1. The topological polar surface area (TPSA) is 43.8 Å². The van der Waals surface area contributed by atoms with Crippen molar-refractivity contribution >= 4 is 6.09 Å². The van der Waals surface area contributed by atoms with Gasteiger partial charge in [0.2, 0.25) is 0 Å². The van der Waals surface area contributed by atoms with Gasteiger partial charge in [-0.3, -0.25) is 4.90 Å². The van der Waals surface area contributed by atoms with Crippen LogP contribution >= 0.6 is 0 Å². The van der Waals surface area contributed by atoms with Gasteiger partial charge in [0, 0.05) is 32.2 Å². The Morgan fingerprint density at radius 2 is 2.13 bits per heavy atom. The van der Waals surface area contributed by atoms with Crippen LogP contribution in [0.1, 0.15) is 20.8 Å². The van der Waals surface area contributed by atoms with E-state index in [2.05, 4.69) is 31.7 Å². The third-order valence-electron chi connectivity index (χ3n) is 2.77. The summed E-state index contributed by atoms with van der Waals surface area (Å²) in [6.45, 7) is 9.24. The predicted octanol–water partition coefficient (Wildman–Crippen LogP) is 1.64. The minimum absolute atomic E-state index is 0.311. The van der Waals surface area contributed by atoms with Crippen molar-refractivity contribution in [3.8, 4) is 0 Å². The van der Waals surface area contributed by atoms with Crippen LogP contribution in [0.5, 0.6) is 0 Å². The van der Waals surface area contributed by atoms with Crippen molar-refractivity contribution in [3.63, 3.8) is 0 Å². The molecule has 1 atom stereocenters. The highest BCUT2D eigenvalue weighted by Crippen LogP contribution is 2.09. The average molecular weight is 212 g/mol. The van der Waals surface area contributed by atoms with Crippen molar-refractivity contribution in [2.45, 2.75) is 26.8 Å². The molecular weight excluding hydrogens is 192 g/mol. The first-order chi connectivity index (χ1) is 7.00. The van der Waals surface area contributed by atoms with E-state index in [1.165, 1.54) is 10.5 Å². The third kappa shape index (κ3) is 3.55. The van der Waals surface area contributed by atoms with Crippen LogP contribution in [0.3, 0.4) is 0 Å². The molecule has 0 aromatic carbocycles. The zero-order chi connectivity index (χ0) is 11.4. The maximum Gasteiger partial charge on any atom is 0.407 e. The zero-order valence-electron chi connectivity index (χ0n) is 9.73. The van der Waals surface area contributed by atoms with Gasteiger partial charge in [-0.25, -0.2) is 4.79 Å². The lowest BCUT2D eigenvalue weighted by molar-refractivity contribution is 0.0818. The van der Waals surface area contributed by atoms with E-state index in [1.54, 1.807) is 0 Å². The van der Waals surface area contributed by atoms with Crippen LogP contribution in [0, 0.1) is 0 Å². The smallest absolute Gasteiger partial charge is 0.407 e. The van der Waals surface area contributed by atoms with Gasteiger partial charge in [0.05, 0.1) is 0 Å².